The van der Waals surface area contributed by atoms with Crippen LogP contribution >= 0.6 is 0 Å². The lowest BCUT2D eigenvalue weighted by molar-refractivity contribution is -0.138. The highest BCUT2D eigenvalue weighted by atomic mass is 19.4. The highest BCUT2D eigenvalue weighted by Crippen LogP contribution is 2.34. The highest BCUT2D eigenvalue weighted by Gasteiger charge is 2.34. The molecule has 1 aromatic carbocycles. The summed E-state index contributed by atoms with van der Waals surface area (Å²) in [4.78, 5) is 32.2. The van der Waals surface area contributed by atoms with Crippen LogP contribution in [0.4, 0.5) is 18.9 Å². The maximum atomic E-state index is 13.9. The number of aryl methyl sites for hydroxylation is 2. The molecule has 4 aromatic rings. The van der Waals surface area contributed by atoms with Gasteiger partial charge in [-0.15, -0.1) is 0 Å². The van der Waals surface area contributed by atoms with Crippen LogP contribution < -0.4 is 10.6 Å². The fraction of sp³-hybridized carbons (Fsp3) is 0.276. The predicted molar refractivity (Wildman–Crippen MR) is 145 cm³/mol. The summed E-state index contributed by atoms with van der Waals surface area (Å²) in [5, 5.41) is 5.75. The predicted octanol–water partition coefficient (Wildman–Crippen LogP) is 4.11. The second-order valence-corrected chi connectivity index (χ2v) is 9.51. The number of alkyl halides is 3. The van der Waals surface area contributed by atoms with Crippen LogP contribution in [-0.4, -0.2) is 56.9 Å². The number of amides is 1. The maximum Gasteiger partial charge on any atom is 0.416 e. The van der Waals surface area contributed by atoms with Crippen molar-refractivity contribution >= 4 is 22.6 Å². The van der Waals surface area contributed by atoms with E-state index in [0.717, 1.165) is 30.5 Å². The van der Waals surface area contributed by atoms with Crippen molar-refractivity contribution in [2.75, 3.05) is 31.5 Å². The zero-order valence-corrected chi connectivity index (χ0v) is 21.9. The third-order valence-electron chi connectivity index (χ3n) is 6.61. The van der Waals surface area contributed by atoms with E-state index in [4.69, 9.17) is 0 Å². The van der Waals surface area contributed by atoms with Crippen molar-refractivity contribution in [2.45, 2.75) is 26.6 Å². The number of aromatic nitrogens is 4. The van der Waals surface area contributed by atoms with Crippen LogP contribution in [0, 0.1) is 25.7 Å². The topological polar surface area (TPSA) is 95.9 Å². The van der Waals surface area contributed by atoms with Crippen LogP contribution in [0.3, 0.4) is 0 Å². The van der Waals surface area contributed by atoms with Crippen molar-refractivity contribution in [3.05, 3.63) is 88.3 Å². The molecule has 1 saturated heterocycles. The van der Waals surface area contributed by atoms with Crippen molar-refractivity contribution in [1.29, 1.82) is 0 Å². The highest BCUT2D eigenvalue weighted by molar-refractivity contribution is 6.04. The fourth-order valence-corrected chi connectivity index (χ4v) is 4.39. The molecule has 3 aromatic heterocycles. The Morgan fingerprint density at radius 3 is 2.52 bits per heavy atom. The number of piperazine rings is 1. The van der Waals surface area contributed by atoms with Gasteiger partial charge in [-0.05, 0) is 37.6 Å². The van der Waals surface area contributed by atoms with Gasteiger partial charge in [-0.3, -0.25) is 19.7 Å². The molecule has 0 bridgehead atoms. The van der Waals surface area contributed by atoms with Gasteiger partial charge in [0.15, 0.2) is 0 Å². The van der Waals surface area contributed by atoms with Gasteiger partial charge >= 0.3 is 6.18 Å². The van der Waals surface area contributed by atoms with Crippen LogP contribution in [0.2, 0.25) is 0 Å². The molecule has 40 heavy (non-hydrogen) atoms. The number of nitrogens with one attached hydrogen (secondary N) is 2. The first kappa shape index (κ1) is 27.2. The third-order valence-corrected chi connectivity index (χ3v) is 6.61. The number of nitrogens with zero attached hydrogens (tertiary/aromatic N) is 5. The van der Waals surface area contributed by atoms with Gasteiger partial charge in [0.2, 0.25) is 0 Å². The monoisotopic (exact) mass is 545 g/mol. The van der Waals surface area contributed by atoms with Crippen LogP contribution in [0.1, 0.15) is 44.0 Å². The Balaban J connectivity index is 1.35. The van der Waals surface area contributed by atoms with Crippen LogP contribution in [0.5, 0.6) is 0 Å². The Hall–Kier alpha value is -4.40. The number of pyridine rings is 2. The normalized spacial score (nSPS) is 14.0. The molecule has 11 heteroatoms. The fourth-order valence-electron chi connectivity index (χ4n) is 4.39. The standard InChI is InChI=1S/C29H26F3N7O/c1-18-19(2)37-27-21(14-35-16-26(27)36-18)4-3-20-11-23(15-34-13-20)28(40)38-24-6-5-22(25(12-24)29(30,31)32)17-39-9-7-33-8-10-39/h5-6,11-16,33H,7-10,17H2,1-2H3,(H,38,40). The summed E-state index contributed by atoms with van der Waals surface area (Å²) in [7, 11) is 0. The second-order valence-electron chi connectivity index (χ2n) is 9.51. The van der Waals surface area contributed by atoms with Gasteiger partial charge in [0.25, 0.3) is 5.91 Å². The van der Waals surface area contributed by atoms with Gasteiger partial charge in [0, 0.05) is 62.6 Å². The largest absolute Gasteiger partial charge is 0.416 e. The molecule has 0 saturated carbocycles. The lowest BCUT2D eigenvalue weighted by Gasteiger charge is -2.28. The lowest BCUT2D eigenvalue weighted by atomic mass is 10.0. The Morgan fingerprint density at radius 1 is 1.00 bits per heavy atom. The molecule has 8 nitrogen and oxygen atoms in total. The van der Waals surface area contributed by atoms with Gasteiger partial charge in [-0.25, -0.2) is 9.97 Å². The number of hydrogen-bond donors (Lipinski definition) is 2. The van der Waals surface area contributed by atoms with Gasteiger partial charge in [0.1, 0.15) is 11.0 Å². The number of carbonyl (C=O) groups is 1. The minimum atomic E-state index is -4.56. The molecular weight excluding hydrogens is 519 g/mol. The third kappa shape index (κ3) is 6.25. The number of anilines is 1. The summed E-state index contributed by atoms with van der Waals surface area (Å²) in [6, 6.07) is 5.41. The molecule has 1 fully saturated rings. The zero-order chi connectivity index (χ0) is 28.3. The SMILES string of the molecule is Cc1nc2cncc(C#Cc3cncc(C(=O)Nc4ccc(CN5CCNCC5)c(C(F)(F)F)c4)c3)c2nc1C. The number of rotatable bonds is 4. The zero-order valence-electron chi connectivity index (χ0n) is 21.9. The van der Waals surface area contributed by atoms with Crippen molar-refractivity contribution < 1.29 is 18.0 Å². The number of carbonyl (C=O) groups excluding carboxylic acids is 1. The lowest BCUT2D eigenvalue weighted by Crippen LogP contribution is -2.43. The molecule has 1 amide bonds. The minimum absolute atomic E-state index is 0.0453. The van der Waals surface area contributed by atoms with Crippen LogP contribution in [0.15, 0.2) is 49.1 Å². The molecular formula is C29H26F3N7O. The Bertz CT molecular complexity index is 1640. The number of hydrogen-bond acceptors (Lipinski definition) is 7. The van der Waals surface area contributed by atoms with Crippen molar-refractivity contribution in [3.63, 3.8) is 0 Å². The molecule has 204 valence electrons. The van der Waals surface area contributed by atoms with E-state index in [9.17, 15) is 18.0 Å². The average Bonchev–Trinajstić information content (AvgIpc) is 2.93. The van der Waals surface area contributed by atoms with Gasteiger partial charge in [-0.2, -0.15) is 13.2 Å². The Kier molecular flexibility index (Phi) is 7.73. The van der Waals surface area contributed by atoms with E-state index in [1.165, 1.54) is 30.6 Å². The molecule has 0 unspecified atom stereocenters. The maximum absolute atomic E-state index is 13.9. The van der Waals surface area contributed by atoms with E-state index in [0.29, 0.717) is 35.2 Å². The molecule has 0 atom stereocenters. The number of benzene rings is 1. The van der Waals surface area contributed by atoms with Gasteiger partial charge < -0.3 is 10.6 Å². The first-order valence-electron chi connectivity index (χ1n) is 12.7. The molecule has 4 heterocycles. The quantitative estimate of drug-likeness (QED) is 0.373. The molecule has 2 N–H and O–H groups in total. The summed E-state index contributed by atoms with van der Waals surface area (Å²) in [6.07, 6.45) is 1.48. The Labute approximate surface area is 229 Å². The van der Waals surface area contributed by atoms with Crippen molar-refractivity contribution in [1.82, 2.24) is 30.2 Å². The first-order valence-corrected chi connectivity index (χ1v) is 12.7. The average molecular weight is 546 g/mol. The van der Waals surface area contributed by atoms with Crippen LogP contribution in [-0.2, 0) is 12.7 Å². The van der Waals surface area contributed by atoms with E-state index in [1.807, 2.05) is 18.7 Å². The summed E-state index contributed by atoms with van der Waals surface area (Å²) < 4.78 is 41.6. The molecule has 1 aliphatic rings. The van der Waals surface area contributed by atoms with E-state index in [1.54, 1.807) is 12.4 Å². The van der Waals surface area contributed by atoms with Crippen molar-refractivity contribution in [3.8, 4) is 11.8 Å². The smallest absolute Gasteiger partial charge is 0.322 e. The van der Waals surface area contributed by atoms with Gasteiger partial charge in [0.05, 0.1) is 34.3 Å². The second kappa shape index (κ2) is 11.4. The minimum Gasteiger partial charge on any atom is -0.322 e. The van der Waals surface area contributed by atoms with E-state index < -0.39 is 17.6 Å². The van der Waals surface area contributed by atoms with E-state index in [-0.39, 0.29) is 23.4 Å². The molecule has 0 spiro atoms. The van der Waals surface area contributed by atoms with E-state index >= 15 is 0 Å². The number of halogens is 3. The Morgan fingerprint density at radius 2 is 1.75 bits per heavy atom. The molecule has 1 aliphatic heterocycles. The van der Waals surface area contributed by atoms with Gasteiger partial charge in [-0.1, -0.05) is 17.9 Å². The van der Waals surface area contributed by atoms with E-state index in [2.05, 4.69) is 42.4 Å². The molecule has 0 aliphatic carbocycles. The summed E-state index contributed by atoms with van der Waals surface area (Å²) in [5.74, 6) is 5.38. The summed E-state index contributed by atoms with van der Waals surface area (Å²) in [6.45, 7) is 6.74. The summed E-state index contributed by atoms with van der Waals surface area (Å²) >= 11 is 0. The van der Waals surface area contributed by atoms with Crippen molar-refractivity contribution in [2.24, 2.45) is 0 Å². The molecule has 0 radical (unpaired) electrons. The summed E-state index contributed by atoms with van der Waals surface area (Å²) in [5.41, 5.74) is 3.46. The number of fused-ring (bicyclic) bond motifs is 1. The van der Waals surface area contributed by atoms with Crippen LogP contribution in [0.25, 0.3) is 11.0 Å². The first-order chi connectivity index (χ1) is 19.2. The molecule has 5 rings (SSSR count).